The first-order valence-electron chi connectivity index (χ1n) is 8.88. The summed E-state index contributed by atoms with van der Waals surface area (Å²) in [7, 11) is 1.69. The van der Waals surface area contributed by atoms with Gasteiger partial charge in [-0.15, -0.1) is 0 Å². The van der Waals surface area contributed by atoms with Gasteiger partial charge in [0, 0.05) is 11.9 Å². The second-order valence-electron chi connectivity index (χ2n) is 6.14. The molecule has 0 spiro atoms. The number of nitrogens with one attached hydrogen (secondary N) is 1. The highest BCUT2D eigenvalue weighted by Crippen LogP contribution is 2.28. The van der Waals surface area contributed by atoms with Gasteiger partial charge in [-0.1, -0.05) is 42.5 Å². The number of aliphatic carboxylic acids is 2. The fourth-order valence-corrected chi connectivity index (χ4v) is 2.81. The molecule has 29 heavy (non-hydrogen) atoms. The van der Waals surface area contributed by atoms with Crippen LogP contribution in [0.5, 0.6) is 5.75 Å². The number of benzene rings is 3. The molecule has 0 amide bonds. The van der Waals surface area contributed by atoms with E-state index in [-0.39, 0.29) is 5.82 Å². The Bertz CT molecular complexity index is 978. The van der Waals surface area contributed by atoms with Gasteiger partial charge < -0.3 is 20.3 Å². The lowest BCUT2D eigenvalue weighted by Gasteiger charge is -2.11. The highest BCUT2D eigenvalue weighted by molar-refractivity contribution is 6.27. The van der Waals surface area contributed by atoms with Crippen LogP contribution in [0.2, 0.25) is 0 Å². The van der Waals surface area contributed by atoms with Crippen LogP contribution in [-0.4, -0.2) is 35.8 Å². The summed E-state index contributed by atoms with van der Waals surface area (Å²) in [4.78, 5) is 18.2. The molecule has 3 N–H and O–H groups in total. The molecule has 0 aliphatic carbocycles. The van der Waals surface area contributed by atoms with Crippen LogP contribution in [0.25, 0.3) is 10.8 Å². The summed E-state index contributed by atoms with van der Waals surface area (Å²) in [5.74, 6) is -2.93. The molecule has 3 aromatic carbocycles. The number of hydrogen-bond acceptors (Lipinski definition) is 4. The Hall–Kier alpha value is -3.45. The van der Waals surface area contributed by atoms with Crippen LogP contribution in [0.4, 0.5) is 4.39 Å². The van der Waals surface area contributed by atoms with Gasteiger partial charge in [-0.25, -0.2) is 14.0 Å². The molecule has 0 bridgehead atoms. The van der Waals surface area contributed by atoms with Crippen molar-refractivity contribution in [3.63, 3.8) is 0 Å². The molecule has 6 nitrogen and oxygen atoms in total. The van der Waals surface area contributed by atoms with Crippen molar-refractivity contribution >= 4 is 22.7 Å². The highest BCUT2D eigenvalue weighted by Gasteiger charge is 2.06. The van der Waals surface area contributed by atoms with Gasteiger partial charge in [0.2, 0.25) is 0 Å². The van der Waals surface area contributed by atoms with E-state index in [0.717, 1.165) is 36.2 Å². The summed E-state index contributed by atoms with van der Waals surface area (Å²) in [6.07, 6.45) is 0.811. The van der Waals surface area contributed by atoms with E-state index in [9.17, 15) is 4.39 Å². The van der Waals surface area contributed by atoms with Crippen LogP contribution in [-0.2, 0) is 22.6 Å². The zero-order valence-electron chi connectivity index (χ0n) is 15.9. The van der Waals surface area contributed by atoms with Gasteiger partial charge in [0.15, 0.2) is 0 Å². The Labute approximate surface area is 167 Å². The Morgan fingerprint density at radius 3 is 2.28 bits per heavy atom. The van der Waals surface area contributed by atoms with Crippen LogP contribution in [0.1, 0.15) is 11.1 Å². The second kappa shape index (κ2) is 10.8. The normalized spacial score (nSPS) is 10.1. The maximum Gasteiger partial charge on any atom is 0.414 e. The maximum atomic E-state index is 13.2. The molecule has 0 aromatic heterocycles. The molecule has 0 aliphatic heterocycles. The number of carboxylic acids is 2. The van der Waals surface area contributed by atoms with Crippen LogP contribution in [0.15, 0.2) is 60.7 Å². The molecule has 3 aromatic rings. The third kappa shape index (κ3) is 6.58. The van der Waals surface area contributed by atoms with Crippen molar-refractivity contribution in [3.8, 4) is 5.75 Å². The smallest absolute Gasteiger partial charge is 0.414 e. The molecule has 0 unspecified atom stereocenters. The summed E-state index contributed by atoms with van der Waals surface area (Å²) in [6.45, 7) is 1.59. The molecule has 7 heteroatoms. The van der Waals surface area contributed by atoms with E-state index in [1.165, 1.54) is 17.0 Å². The van der Waals surface area contributed by atoms with Crippen LogP contribution >= 0.6 is 0 Å². The third-order valence-electron chi connectivity index (χ3n) is 4.17. The number of ether oxygens (including phenoxy) is 1. The van der Waals surface area contributed by atoms with E-state index < -0.39 is 11.9 Å². The standard InChI is InChI=1S/C20H20FNO.C2H2O4/c1-23-20-10-9-16(18-7-2-3-8-19(18)20)14-22-12-11-15-5-4-6-17(21)13-15;3-1(4)2(5)6/h2-10,13,22H,11-12,14H2,1H3;(H,3,4)(H,5,6). The Morgan fingerprint density at radius 1 is 0.966 bits per heavy atom. The van der Waals surface area contributed by atoms with Crippen molar-refractivity contribution in [2.75, 3.05) is 13.7 Å². The summed E-state index contributed by atoms with van der Waals surface area (Å²) < 4.78 is 18.6. The van der Waals surface area contributed by atoms with E-state index in [0.29, 0.717) is 0 Å². The minimum atomic E-state index is -1.82. The zero-order valence-corrected chi connectivity index (χ0v) is 15.9. The molecule has 0 radical (unpaired) electrons. The molecule has 0 aliphatic rings. The molecule has 0 saturated carbocycles. The lowest BCUT2D eigenvalue weighted by atomic mass is 10.0. The van der Waals surface area contributed by atoms with E-state index in [1.54, 1.807) is 19.2 Å². The predicted molar refractivity (Wildman–Crippen MR) is 108 cm³/mol. The lowest BCUT2D eigenvalue weighted by Crippen LogP contribution is -2.17. The Kier molecular flexibility index (Phi) is 8.12. The average molecular weight is 399 g/mol. The predicted octanol–water partition coefficient (Wildman–Crippen LogP) is 3.48. The average Bonchev–Trinajstić information content (AvgIpc) is 2.71. The summed E-state index contributed by atoms with van der Waals surface area (Å²) in [5.41, 5.74) is 2.25. The number of hydrogen-bond donors (Lipinski definition) is 3. The minimum absolute atomic E-state index is 0.177. The third-order valence-corrected chi connectivity index (χ3v) is 4.17. The van der Waals surface area contributed by atoms with Gasteiger partial charge in [-0.2, -0.15) is 0 Å². The molecule has 0 fully saturated rings. The topological polar surface area (TPSA) is 95.9 Å². The van der Waals surface area contributed by atoms with Crippen molar-refractivity contribution in [3.05, 3.63) is 77.6 Å². The minimum Gasteiger partial charge on any atom is -0.496 e. The Balaban J connectivity index is 0.000000438. The monoisotopic (exact) mass is 399 g/mol. The maximum absolute atomic E-state index is 13.2. The van der Waals surface area contributed by atoms with Gasteiger partial charge in [0.25, 0.3) is 0 Å². The van der Waals surface area contributed by atoms with E-state index >= 15 is 0 Å². The molecule has 152 valence electrons. The van der Waals surface area contributed by atoms with Crippen molar-refractivity contribution < 1.29 is 28.9 Å². The number of halogens is 1. The summed E-state index contributed by atoms with van der Waals surface area (Å²) in [6, 6.07) is 19.1. The van der Waals surface area contributed by atoms with Crippen molar-refractivity contribution in [2.45, 2.75) is 13.0 Å². The van der Waals surface area contributed by atoms with Crippen LogP contribution in [0.3, 0.4) is 0 Å². The first kappa shape index (κ1) is 21.8. The number of carbonyl (C=O) groups is 2. The molecule has 0 atom stereocenters. The first-order valence-corrected chi connectivity index (χ1v) is 8.88. The molecular weight excluding hydrogens is 377 g/mol. The van der Waals surface area contributed by atoms with Gasteiger partial charge >= 0.3 is 11.9 Å². The number of methoxy groups -OCH3 is 1. The number of carboxylic acid groups (broad SMARTS) is 2. The first-order chi connectivity index (χ1) is 13.9. The van der Waals surface area contributed by atoms with Gasteiger partial charge in [0.05, 0.1) is 7.11 Å². The van der Waals surface area contributed by atoms with Gasteiger partial charge in [-0.05, 0) is 47.7 Å². The van der Waals surface area contributed by atoms with E-state index in [1.807, 2.05) is 24.3 Å². The van der Waals surface area contributed by atoms with Crippen molar-refractivity contribution in [1.82, 2.24) is 5.32 Å². The van der Waals surface area contributed by atoms with Crippen LogP contribution < -0.4 is 10.1 Å². The number of rotatable bonds is 6. The Morgan fingerprint density at radius 2 is 1.66 bits per heavy atom. The zero-order chi connectivity index (χ0) is 21.2. The summed E-state index contributed by atoms with van der Waals surface area (Å²) >= 11 is 0. The molecule has 3 rings (SSSR count). The SMILES string of the molecule is COc1ccc(CNCCc2cccc(F)c2)c2ccccc12.O=C(O)C(=O)O. The van der Waals surface area contributed by atoms with E-state index in [4.69, 9.17) is 24.5 Å². The molecular formula is C22H22FNO5. The fourth-order valence-electron chi connectivity index (χ4n) is 2.81. The van der Waals surface area contributed by atoms with Gasteiger partial charge in [0.1, 0.15) is 11.6 Å². The lowest BCUT2D eigenvalue weighted by molar-refractivity contribution is -0.159. The van der Waals surface area contributed by atoms with Crippen molar-refractivity contribution in [2.24, 2.45) is 0 Å². The van der Waals surface area contributed by atoms with E-state index in [2.05, 4.69) is 23.5 Å². The van der Waals surface area contributed by atoms with Gasteiger partial charge in [-0.3, -0.25) is 0 Å². The summed E-state index contributed by atoms with van der Waals surface area (Å²) in [5, 5.41) is 20.5. The van der Waals surface area contributed by atoms with Crippen molar-refractivity contribution in [1.29, 1.82) is 0 Å². The molecule has 0 heterocycles. The molecule has 0 saturated heterocycles. The highest BCUT2D eigenvalue weighted by atomic mass is 19.1. The quantitative estimate of drug-likeness (QED) is 0.434. The largest absolute Gasteiger partial charge is 0.496 e. The second-order valence-corrected chi connectivity index (χ2v) is 6.14. The fraction of sp³-hybridized carbons (Fsp3) is 0.182. The van der Waals surface area contributed by atoms with Crippen LogP contribution in [0, 0.1) is 5.82 Å². The number of fused-ring (bicyclic) bond motifs is 1.